The lowest BCUT2D eigenvalue weighted by Crippen LogP contribution is -1.94. The molecule has 66 valence electrons. The second-order valence-electron chi connectivity index (χ2n) is 1.93. The summed E-state index contributed by atoms with van der Waals surface area (Å²) in [6, 6.07) is 0. The first-order chi connectivity index (χ1) is 5.54. The molecule has 0 aromatic carbocycles. The molecule has 0 fully saturated rings. The van der Waals surface area contributed by atoms with Crippen LogP contribution in [-0.4, -0.2) is 4.98 Å². The molecule has 0 amide bonds. The predicted molar refractivity (Wildman–Crippen MR) is 41.9 cm³/mol. The lowest BCUT2D eigenvalue weighted by molar-refractivity contribution is 0.145. The molecule has 0 saturated carbocycles. The molecule has 6 heteroatoms. The average molecular weight is 260 g/mol. The molecule has 0 atom stereocenters. The number of alkyl halides is 2. The summed E-state index contributed by atoms with van der Waals surface area (Å²) in [5.74, 6) is -1.07. The maximum atomic E-state index is 12.7. The standard InChI is InChI=1S/C6H2BrClF3N/c7-4-3(6(10)11)2(9)1-12-5(4)8/h1,6H. The minimum atomic E-state index is -2.90. The van der Waals surface area contributed by atoms with Gasteiger partial charge >= 0.3 is 0 Å². The molecular formula is C6H2BrClF3N. The molecule has 1 aromatic heterocycles. The van der Waals surface area contributed by atoms with Crippen molar-refractivity contribution >= 4 is 27.5 Å². The zero-order chi connectivity index (χ0) is 9.30. The molecule has 1 nitrogen and oxygen atoms in total. The molecule has 1 heterocycles. The summed E-state index contributed by atoms with van der Waals surface area (Å²) < 4.78 is 36.7. The monoisotopic (exact) mass is 259 g/mol. The van der Waals surface area contributed by atoms with Gasteiger partial charge in [-0.2, -0.15) is 0 Å². The van der Waals surface area contributed by atoms with E-state index in [1.54, 1.807) is 0 Å². The number of pyridine rings is 1. The third-order valence-electron chi connectivity index (χ3n) is 1.18. The van der Waals surface area contributed by atoms with E-state index < -0.39 is 17.8 Å². The van der Waals surface area contributed by atoms with E-state index in [9.17, 15) is 13.2 Å². The van der Waals surface area contributed by atoms with Gasteiger partial charge in [-0.05, 0) is 15.9 Å². The molecule has 0 saturated heterocycles. The van der Waals surface area contributed by atoms with Crippen LogP contribution in [-0.2, 0) is 0 Å². The van der Waals surface area contributed by atoms with Crippen molar-refractivity contribution in [2.45, 2.75) is 6.43 Å². The van der Waals surface area contributed by atoms with Gasteiger partial charge in [-0.15, -0.1) is 0 Å². The first kappa shape index (κ1) is 9.80. The van der Waals surface area contributed by atoms with Crippen LogP contribution in [0.25, 0.3) is 0 Å². The number of rotatable bonds is 1. The zero-order valence-electron chi connectivity index (χ0n) is 5.49. The van der Waals surface area contributed by atoms with Crippen molar-refractivity contribution < 1.29 is 13.2 Å². The Morgan fingerprint density at radius 1 is 1.50 bits per heavy atom. The Hall–Kier alpha value is -0.290. The van der Waals surface area contributed by atoms with Gasteiger partial charge in [0.25, 0.3) is 6.43 Å². The second kappa shape index (κ2) is 3.62. The summed E-state index contributed by atoms with van der Waals surface area (Å²) in [5, 5.41) is -0.174. The molecule has 1 aromatic rings. The molecule has 0 aliphatic carbocycles. The summed E-state index contributed by atoms with van der Waals surface area (Å²) in [6.07, 6.45) is -2.24. The van der Waals surface area contributed by atoms with Crippen LogP contribution in [0.15, 0.2) is 10.7 Å². The van der Waals surface area contributed by atoms with Gasteiger partial charge < -0.3 is 0 Å². The van der Waals surface area contributed by atoms with E-state index in [0.717, 1.165) is 0 Å². The Bertz CT molecular complexity index is 305. The average Bonchev–Trinajstić information content (AvgIpc) is 1.97. The normalized spacial score (nSPS) is 10.8. The highest BCUT2D eigenvalue weighted by molar-refractivity contribution is 9.10. The second-order valence-corrected chi connectivity index (χ2v) is 3.08. The first-order valence-corrected chi connectivity index (χ1v) is 3.98. The predicted octanol–water partition coefficient (Wildman–Crippen LogP) is 3.57. The van der Waals surface area contributed by atoms with E-state index in [1.165, 1.54) is 0 Å². The Morgan fingerprint density at radius 2 is 2.08 bits per heavy atom. The topological polar surface area (TPSA) is 12.9 Å². The number of halogens is 5. The van der Waals surface area contributed by atoms with Gasteiger partial charge in [0.2, 0.25) is 0 Å². The third kappa shape index (κ3) is 1.72. The van der Waals surface area contributed by atoms with Crippen molar-refractivity contribution in [3.05, 3.63) is 27.2 Å². The maximum Gasteiger partial charge on any atom is 0.267 e. The Morgan fingerprint density at radius 3 is 2.50 bits per heavy atom. The number of nitrogens with zero attached hydrogens (tertiary/aromatic N) is 1. The number of hydrogen-bond acceptors (Lipinski definition) is 1. The van der Waals surface area contributed by atoms with Crippen LogP contribution in [0, 0.1) is 5.82 Å². The van der Waals surface area contributed by atoms with Gasteiger partial charge in [0.1, 0.15) is 5.15 Å². The molecule has 0 unspecified atom stereocenters. The first-order valence-electron chi connectivity index (χ1n) is 2.81. The quantitative estimate of drug-likeness (QED) is 0.703. The van der Waals surface area contributed by atoms with Gasteiger partial charge in [-0.3, -0.25) is 0 Å². The van der Waals surface area contributed by atoms with Crippen LogP contribution in [0.5, 0.6) is 0 Å². The maximum absolute atomic E-state index is 12.7. The van der Waals surface area contributed by atoms with Crippen molar-refractivity contribution in [1.82, 2.24) is 4.98 Å². The molecule has 12 heavy (non-hydrogen) atoms. The van der Waals surface area contributed by atoms with E-state index in [0.29, 0.717) is 6.20 Å². The molecule has 0 aliphatic rings. The molecule has 1 rings (SSSR count). The van der Waals surface area contributed by atoms with Crippen molar-refractivity contribution in [3.63, 3.8) is 0 Å². The molecular weight excluding hydrogens is 258 g/mol. The highest BCUT2D eigenvalue weighted by Gasteiger charge is 2.19. The third-order valence-corrected chi connectivity index (χ3v) is 2.50. The van der Waals surface area contributed by atoms with E-state index in [4.69, 9.17) is 11.6 Å². The fraction of sp³-hybridized carbons (Fsp3) is 0.167. The van der Waals surface area contributed by atoms with Crippen LogP contribution >= 0.6 is 27.5 Å². The van der Waals surface area contributed by atoms with Crippen molar-refractivity contribution in [1.29, 1.82) is 0 Å². The van der Waals surface area contributed by atoms with Gasteiger partial charge in [-0.1, -0.05) is 11.6 Å². The highest BCUT2D eigenvalue weighted by atomic mass is 79.9. The van der Waals surface area contributed by atoms with Crippen LogP contribution in [0.1, 0.15) is 12.0 Å². The number of hydrogen-bond donors (Lipinski definition) is 0. The van der Waals surface area contributed by atoms with Crippen LogP contribution < -0.4 is 0 Å². The zero-order valence-corrected chi connectivity index (χ0v) is 7.83. The van der Waals surface area contributed by atoms with Gasteiger partial charge in [0, 0.05) is 0 Å². The van der Waals surface area contributed by atoms with E-state index in [-0.39, 0.29) is 9.63 Å². The highest BCUT2D eigenvalue weighted by Crippen LogP contribution is 2.33. The molecule has 0 spiro atoms. The fourth-order valence-corrected chi connectivity index (χ4v) is 1.27. The van der Waals surface area contributed by atoms with E-state index >= 15 is 0 Å². The SMILES string of the molecule is Fc1cnc(Cl)c(Br)c1C(F)F. The fourth-order valence-electron chi connectivity index (χ4n) is 0.656. The van der Waals surface area contributed by atoms with Crippen molar-refractivity contribution in [2.75, 3.05) is 0 Å². The van der Waals surface area contributed by atoms with Crippen molar-refractivity contribution in [2.24, 2.45) is 0 Å². The number of aromatic nitrogens is 1. The summed E-state index contributed by atoms with van der Waals surface area (Å²) in [6.45, 7) is 0. The molecule has 0 bridgehead atoms. The Kier molecular flexibility index (Phi) is 2.95. The molecule has 0 aliphatic heterocycles. The largest absolute Gasteiger partial charge is 0.267 e. The van der Waals surface area contributed by atoms with E-state index in [1.807, 2.05) is 0 Å². The van der Waals surface area contributed by atoms with Gasteiger partial charge in [-0.25, -0.2) is 18.2 Å². The van der Waals surface area contributed by atoms with E-state index in [2.05, 4.69) is 20.9 Å². The summed E-state index contributed by atoms with van der Waals surface area (Å²) in [5.41, 5.74) is -0.755. The summed E-state index contributed by atoms with van der Waals surface area (Å²) in [7, 11) is 0. The van der Waals surface area contributed by atoms with Gasteiger partial charge in [0.05, 0.1) is 16.2 Å². The van der Waals surface area contributed by atoms with Crippen LogP contribution in [0.3, 0.4) is 0 Å². The lowest BCUT2D eigenvalue weighted by atomic mass is 10.3. The Labute approximate surface area is 79.7 Å². The lowest BCUT2D eigenvalue weighted by Gasteiger charge is -2.04. The minimum absolute atomic E-state index is 0.174. The van der Waals surface area contributed by atoms with Crippen LogP contribution in [0.4, 0.5) is 13.2 Å². The van der Waals surface area contributed by atoms with Crippen molar-refractivity contribution in [3.8, 4) is 0 Å². The molecule has 0 radical (unpaired) electrons. The summed E-state index contributed by atoms with van der Waals surface area (Å²) in [4.78, 5) is 3.33. The Balaban J connectivity index is 3.33. The summed E-state index contributed by atoms with van der Waals surface area (Å²) >= 11 is 8.09. The van der Waals surface area contributed by atoms with Crippen LogP contribution in [0.2, 0.25) is 5.15 Å². The molecule has 0 N–H and O–H groups in total. The smallest absolute Gasteiger partial charge is 0.240 e. The van der Waals surface area contributed by atoms with Gasteiger partial charge in [0.15, 0.2) is 5.82 Å². The minimum Gasteiger partial charge on any atom is -0.240 e.